The molecule has 196 valence electrons. The molecule has 2 heterocycles. The van der Waals surface area contributed by atoms with Crippen molar-refractivity contribution in [1.82, 2.24) is 0 Å². The Morgan fingerprint density at radius 2 is 0.886 bits per heavy atom. The van der Waals surface area contributed by atoms with Crippen LogP contribution in [-0.4, -0.2) is 110 Å². The van der Waals surface area contributed by atoms with Crippen LogP contribution in [0.1, 0.15) is 20.7 Å². The third-order valence-corrected chi connectivity index (χ3v) is 3.42. The molecule has 0 aromatic heterocycles. The summed E-state index contributed by atoms with van der Waals surface area (Å²) in [6, 6.07) is 6.53. The van der Waals surface area contributed by atoms with Crippen molar-refractivity contribution < 1.29 is 63.3 Å². The van der Waals surface area contributed by atoms with Gasteiger partial charge in [-0.1, -0.05) is 12.1 Å². The highest BCUT2D eigenvalue weighted by atomic mass is 16.6. The minimum absolute atomic E-state index is 0.0278. The molecule has 0 bridgehead atoms. The van der Waals surface area contributed by atoms with Crippen molar-refractivity contribution in [2.75, 3.05) is 66.1 Å². The smallest absolute Gasteiger partial charge is 0.346 e. The molecule has 1 aromatic carbocycles. The minimum atomic E-state index is -0.579. The first-order chi connectivity index (χ1) is 16.9. The lowest BCUT2D eigenvalue weighted by Crippen LogP contribution is -2.09. The van der Waals surface area contributed by atoms with E-state index >= 15 is 0 Å². The molecule has 0 amide bonds. The maximum absolute atomic E-state index is 10.8. The average Bonchev–Trinajstić information content (AvgIpc) is 3.38. The summed E-state index contributed by atoms with van der Waals surface area (Å²) < 4.78 is 22.7. The predicted octanol–water partition coefficient (Wildman–Crippen LogP) is -1.38. The first-order valence-electron chi connectivity index (χ1n) is 10.4. The second-order valence-corrected chi connectivity index (χ2v) is 6.03. The van der Waals surface area contributed by atoms with Crippen LogP contribution in [0.25, 0.3) is 0 Å². The SMILES string of the molecule is O=C1C=CC(=O)O1.O=C1OC(=O)c2ccccc21.OCCOCCO.OCCOCCOCCO. The molecule has 3 rings (SSSR count). The number of aliphatic hydroxyl groups excluding tert-OH is 4. The van der Waals surface area contributed by atoms with Gasteiger partial charge in [-0.15, -0.1) is 0 Å². The van der Waals surface area contributed by atoms with Gasteiger partial charge in [0.2, 0.25) is 0 Å². The third kappa shape index (κ3) is 16.3. The number of aliphatic hydroxyl groups is 4. The minimum Gasteiger partial charge on any atom is -0.394 e. The summed E-state index contributed by atoms with van der Waals surface area (Å²) in [4.78, 5) is 41.5. The molecule has 13 nitrogen and oxygen atoms in total. The van der Waals surface area contributed by atoms with Gasteiger partial charge in [-0.05, 0) is 12.1 Å². The van der Waals surface area contributed by atoms with Crippen LogP contribution in [-0.2, 0) is 33.3 Å². The molecular formula is C22H30O13. The largest absolute Gasteiger partial charge is 0.394 e. The van der Waals surface area contributed by atoms with E-state index in [4.69, 9.17) is 29.9 Å². The summed E-state index contributed by atoms with van der Waals surface area (Å²) >= 11 is 0. The van der Waals surface area contributed by atoms with Gasteiger partial charge in [-0.3, -0.25) is 0 Å². The highest BCUT2D eigenvalue weighted by Crippen LogP contribution is 2.18. The van der Waals surface area contributed by atoms with Gasteiger partial charge < -0.3 is 44.1 Å². The van der Waals surface area contributed by atoms with E-state index < -0.39 is 23.9 Å². The molecule has 2 aliphatic heterocycles. The molecule has 0 saturated heterocycles. The number of carbonyl (C=O) groups excluding carboxylic acids is 4. The fourth-order valence-corrected chi connectivity index (χ4v) is 2.02. The molecule has 0 atom stereocenters. The summed E-state index contributed by atoms with van der Waals surface area (Å²) in [5.41, 5.74) is 0.718. The van der Waals surface area contributed by atoms with E-state index in [9.17, 15) is 19.2 Å². The Kier molecular flexibility index (Phi) is 19.6. The van der Waals surface area contributed by atoms with Gasteiger partial charge in [0.05, 0.1) is 77.2 Å². The Bertz CT molecular complexity index is 730. The number of fused-ring (bicyclic) bond motifs is 1. The number of hydrogen-bond donors (Lipinski definition) is 4. The zero-order valence-electron chi connectivity index (χ0n) is 19.0. The number of esters is 4. The highest BCUT2D eigenvalue weighted by molar-refractivity contribution is 6.14. The summed E-state index contributed by atoms with van der Waals surface area (Å²) in [7, 11) is 0. The molecule has 4 N–H and O–H groups in total. The van der Waals surface area contributed by atoms with Crippen molar-refractivity contribution in [2.45, 2.75) is 0 Å². The van der Waals surface area contributed by atoms with Gasteiger partial charge in [-0.25, -0.2) is 19.2 Å². The van der Waals surface area contributed by atoms with Crippen LogP contribution in [0.5, 0.6) is 0 Å². The van der Waals surface area contributed by atoms with E-state index in [1.165, 1.54) is 0 Å². The van der Waals surface area contributed by atoms with Crippen LogP contribution >= 0.6 is 0 Å². The normalized spacial score (nSPS) is 12.9. The van der Waals surface area contributed by atoms with Crippen molar-refractivity contribution in [1.29, 1.82) is 0 Å². The molecule has 35 heavy (non-hydrogen) atoms. The van der Waals surface area contributed by atoms with Crippen LogP contribution in [0.4, 0.5) is 0 Å². The van der Waals surface area contributed by atoms with E-state index in [2.05, 4.69) is 14.2 Å². The standard InChI is InChI=1S/C8H4O3.C6H14O4.C4H2O3.C4H10O3/c9-7-5-3-1-2-4-6(5)8(10)11-7;7-1-3-9-5-6-10-4-2-8;5-3-1-2-4(6)7-3;5-1-3-7-4-2-6/h1-4H;7-8H,1-6H2;1-2H;5-6H,1-4H2. The molecule has 13 heteroatoms. The van der Waals surface area contributed by atoms with E-state index in [0.717, 1.165) is 12.2 Å². The van der Waals surface area contributed by atoms with Crippen molar-refractivity contribution in [3.8, 4) is 0 Å². The molecule has 0 unspecified atom stereocenters. The molecule has 0 aliphatic carbocycles. The molecular weight excluding hydrogens is 472 g/mol. The van der Waals surface area contributed by atoms with Crippen molar-refractivity contribution in [3.05, 3.63) is 47.5 Å². The number of cyclic esters (lactones) is 4. The second-order valence-electron chi connectivity index (χ2n) is 6.03. The van der Waals surface area contributed by atoms with Gasteiger partial charge in [0.15, 0.2) is 0 Å². The lowest BCUT2D eigenvalue weighted by atomic mass is 10.1. The number of rotatable bonds is 11. The topological polar surface area (TPSA) is 195 Å². The molecule has 1 aromatic rings. The third-order valence-electron chi connectivity index (χ3n) is 3.42. The quantitative estimate of drug-likeness (QED) is 0.157. The Morgan fingerprint density at radius 1 is 0.543 bits per heavy atom. The summed E-state index contributed by atoms with van der Waals surface area (Å²) in [5, 5.41) is 32.7. The van der Waals surface area contributed by atoms with Crippen LogP contribution < -0.4 is 0 Å². The van der Waals surface area contributed by atoms with Gasteiger partial charge in [-0.2, -0.15) is 0 Å². The monoisotopic (exact) mass is 502 g/mol. The molecule has 0 radical (unpaired) electrons. The number of hydrogen-bond acceptors (Lipinski definition) is 13. The van der Waals surface area contributed by atoms with Crippen LogP contribution in [0, 0.1) is 0 Å². The lowest BCUT2D eigenvalue weighted by Gasteiger charge is -2.01. The van der Waals surface area contributed by atoms with Crippen molar-refractivity contribution in [2.24, 2.45) is 0 Å². The Labute approximate surface area is 201 Å². The highest BCUT2D eigenvalue weighted by Gasteiger charge is 2.28. The molecule has 0 spiro atoms. The summed E-state index contributed by atoms with van der Waals surface area (Å²) in [6.07, 6.45) is 2.17. The fourth-order valence-electron chi connectivity index (χ4n) is 2.02. The zero-order valence-corrected chi connectivity index (χ0v) is 19.0. The first-order valence-corrected chi connectivity index (χ1v) is 10.4. The first kappa shape index (κ1) is 32.0. The van der Waals surface area contributed by atoms with E-state index in [0.29, 0.717) is 50.8 Å². The van der Waals surface area contributed by atoms with Crippen LogP contribution in [0.15, 0.2) is 36.4 Å². The van der Waals surface area contributed by atoms with Crippen molar-refractivity contribution >= 4 is 23.9 Å². The predicted molar refractivity (Wildman–Crippen MR) is 117 cm³/mol. The lowest BCUT2D eigenvalue weighted by molar-refractivity contribution is -0.150. The fraction of sp³-hybridized carbons (Fsp3) is 0.455. The maximum Gasteiger partial charge on any atom is 0.346 e. The summed E-state index contributed by atoms with van der Waals surface area (Å²) in [6.45, 7) is 2.42. The van der Waals surface area contributed by atoms with Gasteiger partial charge in [0.25, 0.3) is 0 Å². The number of ether oxygens (including phenoxy) is 5. The molecule has 0 fully saturated rings. The molecule has 0 saturated carbocycles. The van der Waals surface area contributed by atoms with Gasteiger partial charge in [0.1, 0.15) is 0 Å². The van der Waals surface area contributed by atoms with E-state index in [-0.39, 0.29) is 26.4 Å². The average molecular weight is 502 g/mol. The number of carbonyl (C=O) groups is 4. The Hall–Kier alpha value is -3.04. The van der Waals surface area contributed by atoms with Gasteiger partial charge >= 0.3 is 23.9 Å². The summed E-state index contributed by atoms with van der Waals surface area (Å²) in [5.74, 6) is -2.26. The van der Waals surface area contributed by atoms with Crippen LogP contribution in [0.2, 0.25) is 0 Å². The zero-order chi connectivity index (χ0) is 26.3. The van der Waals surface area contributed by atoms with Crippen LogP contribution in [0.3, 0.4) is 0 Å². The second kappa shape index (κ2) is 21.5. The van der Waals surface area contributed by atoms with Gasteiger partial charge in [0, 0.05) is 12.2 Å². The molecule has 2 aliphatic rings. The van der Waals surface area contributed by atoms with E-state index in [1.807, 2.05) is 0 Å². The van der Waals surface area contributed by atoms with E-state index in [1.54, 1.807) is 24.3 Å². The number of benzene rings is 1. The Balaban J connectivity index is 0.000000450. The Morgan fingerprint density at radius 3 is 1.17 bits per heavy atom. The maximum atomic E-state index is 10.8. The van der Waals surface area contributed by atoms with Crippen molar-refractivity contribution in [3.63, 3.8) is 0 Å².